The van der Waals surface area contributed by atoms with Crippen molar-refractivity contribution < 1.29 is 65.8 Å². The first-order valence-electron chi connectivity index (χ1n) is 8.29. The molecule has 0 spiro atoms. The van der Waals surface area contributed by atoms with Crippen molar-refractivity contribution in [2.45, 2.75) is 53.4 Å². The van der Waals surface area contributed by atoms with Crippen molar-refractivity contribution in [2.24, 2.45) is 0 Å². The molecule has 0 saturated carbocycles. The van der Waals surface area contributed by atoms with Crippen molar-refractivity contribution in [1.29, 1.82) is 0 Å². The molecule has 0 fully saturated rings. The monoisotopic (exact) mass is 486 g/mol. The van der Waals surface area contributed by atoms with E-state index in [4.69, 9.17) is 0 Å². The normalized spacial score (nSPS) is 7.86. The van der Waals surface area contributed by atoms with Gasteiger partial charge in [-0.3, -0.25) is 0 Å². The topological polar surface area (TPSA) is 161 Å². The molecule has 0 aliphatic carbocycles. The fraction of sp³-hybridized carbons (Fsp3) is 0.400. The molecular formula is C20H28O8Zr. The number of carboxylic acid groups (broad SMARTS) is 4. The van der Waals surface area contributed by atoms with Gasteiger partial charge in [-0.1, -0.05) is 54.0 Å². The van der Waals surface area contributed by atoms with Gasteiger partial charge < -0.3 is 39.6 Å². The van der Waals surface area contributed by atoms with E-state index >= 15 is 0 Å². The minimum Gasteiger partial charge on any atom is -0.545 e. The fourth-order valence-electron chi connectivity index (χ4n) is 0.577. The van der Waals surface area contributed by atoms with Crippen LogP contribution in [0.1, 0.15) is 53.4 Å². The van der Waals surface area contributed by atoms with E-state index < -0.39 is 23.9 Å². The Morgan fingerprint density at radius 1 is 0.483 bits per heavy atom. The van der Waals surface area contributed by atoms with Crippen molar-refractivity contribution in [3.05, 3.63) is 48.6 Å². The van der Waals surface area contributed by atoms with Crippen molar-refractivity contribution >= 4 is 23.9 Å². The first-order chi connectivity index (χ1) is 12.7. The molecule has 0 heterocycles. The van der Waals surface area contributed by atoms with Gasteiger partial charge in [-0.25, -0.2) is 0 Å². The van der Waals surface area contributed by atoms with Gasteiger partial charge in [-0.05, 0) is 48.0 Å². The van der Waals surface area contributed by atoms with Gasteiger partial charge >= 0.3 is 26.2 Å². The van der Waals surface area contributed by atoms with Gasteiger partial charge in [-0.2, -0.15) is 0 Å². The second kappa shape index (κ2) is 23.8. The van der Waals surface area contributed by atoms with Crippen LogP contribution < -0.4 is 20.4 Å². The molecule has 0 aromatic rings. The van der Waals surface area contributed by atoms with Gasteiger partial charge in [0.15, 0.2) is 0 Å². The summed E-state index contributed by atoms with van der Waals surface area (Å²) in [5.41, 5.74) is 0.611. The molecule has 0 aromatic carbocycles. The quantitative estimate of drug-likeness (QED) is 0.386. The molecule has 0 amide bonds. The Bertz CT molecular complexity index is 487. The molecule has 0 saturated heterocycles. The summed E-state index contributed by atoms with van der Waals surface area (Å²) in [6, 6.07) is 0. The van der Waals surface area contributed by atoms with Crippen molar-refractivity contribution in [1.82, 2.24) is 0 Å². The zero-order chi connectivity index (χ0) is 23.4. The van der Waals surface area contributed by atoms with Crippen LogP contribution in [0.15, 0.2) is 48.6 Å². The van der Waals surface area contributed by atoms with Crippen LogP contribution in [0.2, 0.25) is 0 Å². The van der Waals surface area contributed by atoms with Gasteiger partial charge in [0.05, 0.1) is 23.9 Å². The maximum Gasteiger partial charge on any atom is 4.00 e. The predicted molar refractivity (Wildman–Crippen MR) is 97.8 cm³/mol. The van der Waals surface area contributed by atoms with E-state index in [1.807, 2.05) is 0 Å². The molecule has 0 aliphatic rings. The Balaban J connectivity index is -0.0000000873. The zero-order valence-corrected chi connectivity index (χ0v) is 19.9. The molecule has 0 aromatic heterocycles. The molecule has 0 radical (unpaired) electrons. The van der Waals surface area contributed by atoms with E-state index in [0.29, 0.717) is 25.7 Å². The van der Waals surface area contributed by atoms with Crippen LogP contribution in [0.4, 0.5) is 0 Å². The second-order valence-electron chi connectivity index (χ2n) is 4.98. The predicted octanol–water partition coefficient (Wildman–Crippen LogP) is -1.19. The summed E-state index contributed by atoms with van der Waals surface area (Å²) in [6.07, 6.45) is 1.84. The largest absolute Gasteiger partial charge is 4.00 e. The average Bonchev–Trinajstić information content (AvgIpc) is 2.66. The van der Waals surface area contributed by atoms with E-state index in [9.17, 15) is 39.6 Å². The standard InChI is InChI=1S/4C5H8O2.Zr/c4*1-3-4(2)5(6)7;/h4*2-3H2,1H3,(H,6,7);/q;;;;+4/p-4. The number of carbonyl (C=O) groups is 4. The van der Waals surface area contributed by atoms with Gasteiger partial charge in [0.2, 0.25) is 0 Å². The van der Waals surface area contributed by atoms with E-state index in [-0.39, 0.29) is 48.5 Å². The summed E-state index contributed by atoms with van der Waals surface area (Å²) < 4.78 is 0. The van der Waals surface area contributed by atoms with E-state index in [0.717, 1.165) is 0 Å². The molecule has 29 heavy (non-hydrogen) atoms. The summed E-state index contributed by atoms with van der Waals surface area (Å²) in [7, 11) is 0. The Morgan fingerprint density at radius 2 is 0.586 bits per heavy atom. The molecule has 160 valence electrons. The molecule has 0 rings (SSSR count). The van der Waals surface area contributed by atoms with Crippen molar-refractivity contribution in [3.8, 4) is 0 Å². The molecular weight excluding hydrogens is 459 g/mol. The van der Waals surface area contributed by atoms with Gasteiger partial charge in [0, 0.05) is 0 Å². The third-order valence-corrected chi connectivity index (χ3v) is 2.86. The van der Waals surface area contributed by atoms with Crippen LogP contribution in [0.25, 0.3) is 0 Å². The number of rotatable bonds is 8. The number of carbonyl (C=O) groups excluding carboxylic acids is 4. The van der Waals surface area contributed by atoms with Crippen LogP contribution >= 0.6 is 0 Å². The Labute approximate surface area is 191 Å². The molecule has 8 nitrogen and oxygen atoms in total. The molecule has 0 aliphatic heterocycles. The summed E-state index contributed by atoms with van der Waals surface area (Å²) >= 11 is 0. The molecule has 9 heteroatoms. The molecule has 0 bridgehead atoms. The van der Waals surface area contributed by atoms with Crippen LogP contribution in [-0.4, -0.2) is 23.9 Å². The first kappa shape index (κ1) is 37.5. The van der Waals surface area contributed by atoms with Crippen molar-refractivity contribution in [2.75, 3.05) is 0 Å². The Hall–Kier alpha value is -2.28. The third-order valence-electron chi connectivity index (χ3n) is 2.86. The van der Waals surface area contributed by atoms with Crippen LogP contribution in [-0.2, 0) is 45.4 Å². The van der Waals surface area contributed by atoms with Crippen LogP contribution in [0, 0.1) is 0 Å². The number of hydrogen-bond donors (Lipinski definition) is 0. The van der Waals surface area contributed by atoms with Gasteiger partial charge in [-0.15, -0.1) is 0 Å². The Kier molecular flexibility index (Phi) is 30.7. The van der Waals surface area contributed by atoms with E-state index in [2.05, 4.69) is 26.3 Å². The molecule has 0 N–H and O–H groups in total. The summed E-state index contributed by atoms with van der Waals surface area (Å²) in [5, 5.41) is 38.9. The molecule has 0 atom stereocenters. The smallest absolute Gasteiger partial charge is 0.545 e. The van der Waals surface area contributed by atoms with Crippen molar-refractivity contribution in [3.63, 3.8) is 0 Å². The maximum absolute atomic E-state index is 9.72. The SMILES string of the molecule is C=C(CC)C(=O)[O-].C=C(CC)C(=O)[O-].C=C(CC)C(=O)[O-].C=C(CC)C(=O)[O-].[Zr+4]. The molecule has 0 unspecified atom stereocenters. The number of carboxylic acids is 4. The van der Waals surface area contributed by atoms with Crippen LogP contribution in [0.3, 0.4) is 0 Å². The number of hydrogen-bond acceptors (Lipinski definition) is 8. The van der Waals surface area contributed by atoms with E-state index in [1.54, 1.807) is 27.7 Å². The number of aliphatic carboxylic acids is 4. The summed E-state index contributed by atoms with van der Waals surface area (Å²) in [6.45, 7) is 19.7. The third kappa shape index (κ3) is 30.7. The average molecular weight is 488 g/mol. The second-order valence-corrected chi connectivity index (χ2v) is 4.98. The fourth-order valence-corrected chi connectivity index (χ4v) is 0.577. The minimum absolute atomic E-state index is 0. The maximum atomic E-state index is 9.72. The summed E-state index contributed by atoms with van der Waals surface area (Å²) in [5.74, 6) is -4.60. The minimum atomic E-state index is -1.15. The van der Waals surface area contributed by atoms with Gasteiger partial charge in [0.1, 0.15) is 0 Å². The van der Waals surface area contributed by atoms with E-state index in [1.165, 1.54) is 0 Å². The first-order valence-corrected chi connectivity index (χ1v) is 8.29. The zero-order valence-electron chi connectivity index (χ0n) is 17.4. The summed E-state index contributed by atoms with van der Waals surface area (Å²) in [4.78, 5) is 38.9. The van der Waals surface area contributed by atoms with Gasteiger partial charge in [0.25, 0.3) is 0 Å². The Morgan fingerprint density at radius 3 is 0.586 bits per heavy atom. The van der Waals surface area contributed by atoms with Crippen LogP contribution in [0.5, 0.6) is 0 Å².